The molecule has 0 radical (unpaired) electrons. The van der Waals surface area contributed by atoms with E-state index in [-0.39, 0.29) is 0 Å². The highest BCUT2D eigenvalue weighted by Crippen LogP contribution is 2.49. The van der Waals surface area contributed by atoms with E-state index in [2.05, 4.69) is 228 Å². The van der Waals surface area contributed by atoms with Crippen molar-refractivity contribution in [1.82, 2.24) is 4.40 Å². The predicted octanol–water partition coefficient (Wildman–Crippen LogP) is 17.5. The van der Waals surface area contributed by atoms with Crippen LogP contribution in [0.15, 0.2) is 218 Å². The molecule has 0 saturated heterocycles. The molecule has 0 saturated carbocycles. The van der Waals surface area contributed by atoms with Crippen LogP contribution < -0.4 is 4.90 Å². The van der Waals surface area contributed by atoms with Crippen LogP contribution in [0.4, 0.5) is 17.1 Å². The second kappa shape index (κ2) is 14.0. The Balaban J connectivity index is 0.951. The first-order valence-electron chi connectivity index (χ1n) is 21.1. The number of anilines is 3. The third-order valence-electron chi connectivity index (χ3n) is 12.6. The summed E-state index contributed by atoms with van der Waals surface area (Å²) in [5, 5.41) is 8.89. The first-order valence-corrected chi connectivity index (χ1v) is 22.7. The summed E-state index contributed by atoms with van der Waals surface area (Å²) in [6.45, 7) is 0. The molecule has 13 aromatic rings. The molecular weight excluding hydrogens is 789 g/mol. The van der Waals surface area contributed by atoms with Gasteiger partial charge in [-0.15, -0.1) is 22.7 Å². The fourth-order valence-corrected chi connectivity index (χ4v) is 12.4. The van der Waals surface area contributed by atoms with E-state index in [9.17, 15) is 0 Å². The molecule has 0 N–H and O–H groups in total. The van der Waals surface area contributed by atoms with Gasteiger partial charge in [0.15, 0.2) is 0 Å². The predicted molar refractivity (Wildman–Crippen MR) is 269 cm³/mol. The monoisotopic (exact) mass is 824 g/mol. The van der Waals surface area contributed by atoms with Crippen LogP contribution in [0, 0.1) is 0 Å². The lowest BCUT2D eigenvalue weighted by Gasteiger charge is -2.27. The van der Waals surface area contributed by atoms with E-state index in [4.69, 9.17) is 0 Å². The van der Waals surface area contributed by atoms with Crippen LogP contribution >= 0.6 is 22.7 Å². The molecule has 0 aliphatic rings. The summed E-state index contributed by atoms with van der Waals surface area (Å²) >= 11 is 3.81. The second-order valence-corrected chi connectivity index (χ2v) is 18.1. The van der Waals surface area contributed by atoms with Crippen LogP contribution in [-0.2, 0) is 0 Å². The van der Waals surface area contributed by atoms with E-state index in [0.717, 1.165) is 17.1 Å². The van der Waals surface area contributed by atoms with Gasteiger partial charge < -0.3 is 4.90 Å². The number of thiophene rings is 1. The van der Waals surface area contributed by atoms with Crippen molar-refractivity contribution in [3.63, 3.8) is 0 Å². The molecule has 0 amide bonds. The molecule has 290 valence electrons. The molecule has 62 heavy (non-hydrogen) atoms. The zero-order valence-electron chi connectivity index (χ0n) is 33.5. The van der Waals surface area contributed by atoms with Gasteiger partial charge >= 0.3 is 0 Å². The van der Waals surface area contributed by atoms with Crippen molar-refractivity contribution < 1.29 is 0 Å². The number of rotatable bonds is 6. The minimum absolute atomic E-state index is 1.11. The summed E-state index contributed by atoms with van der Waals surface area (Å²) in [7, 11) is 0. The van der Waals surface area contributed by atoms with Crippen molar-refractivity contribution >= 4 is 107 Å². The van der Waals surface area contributed by atoms with Crippen molar-refractivity contribution in [1.29, 1.82) is 0 Å². The molecule has 0 bridgehead atoms. The van der Waals surface area contributed by atoms with Crippen molar-refractivity contribution in [2.24, 2.45) is 0 Å². The number of hydrogen-bond acceptors (Lipinski definition) is 3. The van der Waals surface area contributed by atoms with Gasteiger partial charge in [0.1, 0.15) is 4.83 Å². The van der Waals surface area contributed by atoms with E-state index in [1.165, 1.54) is 101 Å². The lowest BCUT2D eigenvalue weighted by molar-refractivity contribution is 1.30. The second-order valence-electron chi connectivity index (χ2n) is 16.0. The molecular formula is C58H36N2S2. The molecule has 0 fully saturated rings. The van der Waals surface area contributed by atoms with E-state index in [1.807, 2.05) is 22.7 Å². The highest BCUT2D eigenvalue weighted by molar-refractivity contribution is 7.27. The number of aromatic nitrogens is 1. The molecule has 0 unspecified atom stereocenters. The zero-order chi connectivity index (χ0) is 40.7. The zero-order valence-corrected chi connectivity index (χ0v) is 35.1. The van der Waals surface area contributed by atoms with E-state index in [0.29, 0.717) is 0 Å². The maximum atomic E-state index is 2.50. The van der Waals surface area contributed by atoms with Crippen molar-refractivity contribution in [2.75, 3.05) is 4.90 Å². The maximum absolute atomic E-state index is 2.50. The van der Waals surface area contributed by atoms with Gasteiger partial charge in [-0.3, -0.25) is 4.40 Å². The number of thiazole rings is 1. The van der Waals surface area contributed by atoms with Crippen molar-refractivity contribution in [3.8, 4) is 33.4 Å². The third-order valence-corrected chi connectivity index (χ3v) is 15.0. The molecule has 0 aliphatic carbocycles. The lowest BCUT2D eigenvalue weighted by Crippen LogP contribution is -2.10. The minimum Gasteiger partial charge on any atom is -0.310 e. The maximum Gasteiger partial charge on any atom is 0.109 e. The Hall–Kier alpha value is -7.50. The van der Waals surface area contributed by atoms with Gasteiger partial charge in [0, 0.05) is 59.0 Å². The Morgan fingerprint density at radius 2 is 0.871 bits per heavy atom. The number of nitrogens with zero attached hydrogens (tertiary/aromatic N) is 2. The SMILES string of the molecule is c1ccc2c(-c3ccc(N(c4ccc(-c5cccc6c5sc5c(-c7cccc8c7sc7ccccc78)c7ccccc7n56)cc4)c4cccc5ccccc45)cc3)cccc2c1. The fourth-order valence-electron chi connectivity index (χ4n) is 9.78. The summed E-state index contributed by atoms with van der Waals surface area (Å²) < 4.78 is 6.47. The van der Waals surface area contributed by atoms with Crippen LogP contribution in [0.3, 0.4) is 0 Å². The van der Waals surface area contributed by atoms with Gasteiger partial charge in [-0.25, -0.2) is 0 Å². The Kier molecular flexibility index (Phi) is 7.99. The van der Waals surface area contributed by atoms with Crippen LogP contribution in [0.2, 0.25) is 0 Å². The number of benzene rings is 10. The van der Waals surface area contributed by atoms with E-state index < -0.39 is 0 Å². The summed E-state index contributed by atoms with van der Waals surface area (Å²) in [6, 6.07) is 80.1. The first kappa shape index (κ1) is 35.3. The lowest BCUT2D eigenvalue weighted by atomic mass is 9.98. The van der Waals surface area contributed by atoms with Crippen molar-refractivity contribution in [3.05, 3.63) is 218 Å². The highest BCUT2D eigenvalue weighted by Gasteiger charge is 2.23. The van der Waals surface area contributed by atoms with E-state index >= 15 is 0 Å². The molecule has 3 aromatic heterocycles. The fraction of sp³-hybridized carbons (Fsp3) is 0. The van der Waals surface area contributed by atoms with Crippen LogP contribution in [0.1, 0.15) is 0 Å². The van der Waals surface area contributed by atoms with Gasteiger partial charge in [0.25, 0.3) is 0 Å². The standard InChI is InChI=1S/C58H36N2S2/c1-3-17-43-37(13-1)15-9-21-44(43)39-29-33-41(34-30-39)59(51-26-10-16-38-14-2-4-18-45(38)51)42-35-31-40(32-36-42)46-22-12-27-53-57(46)62-58-55(49-20-5-7-25-52(49)60(53)58)50-24-11-23-48-47-19-6-8-28-54(47)61-56(48)50/h1-36H. The molecule has 2 nitrogen and oxygen atoms in total. The molecule has 13 rings (SSSR count). The molecule has 4 heteroatoms. The van der Waals surface area contributed by atoms with Crippen molar-refractivity contribution in [2.45, 2.75) is 0 Å². The Bertz CT molecular complexity index is 3860. The quantitative estimate of drug-likeness (QED) is 0.162. The molecule has 3 heterocycles. The molecule has 0 aliphatic heterocycles. The summed E-state index contributed by atoms with van der Waals surface area (Å²) in [6.07, 6.45) is 0. The normalized spacial score (nSPS) is 11.9. The van der Waals surface area contributed by atoms with Crippen LogP contribution in [-0.4, -0.2) is 4.40 Å². The van der Waals surface area contributed by atoms with Gasteiger partial charge in [-0.2, -0.15) is 0 Å². The third kappa shape index (κ3) is 5.41. The topological polar surface area (TPSA) is 7.65 Å². The van der Waals surface area contributed by atoms with Gasteiger partial charge in [0.05, 0.1) is 21.4 Å². The number of hydrogen-bond donors (Lipinski definition) is 0. The molecule has 10 aromatic carbocycles. The average molecular weight is 825 g/mol. The van der Waals surface area contributed by atoms with Crippen LogP contribution in [0.25, 0.3) is 101 Å². The molecule has 0 spiro atoms. The number of para-hydroxylation sites is 1. The first-order chi connectivity index (χ1) is 30.8. The highest BCUT2D eigenvalue weighted by atomic mass is 32.1. The van der Waals surface area contributed by atoms with Crippen LogP contribution in [0.5, 0.6) is 0 Å². The summed E-state index contributed by atoms with van der Waals surface area (Å²) in [5.41, 5.74) is 13.4. The van der Waals surface area contributed by atoms with Gasteiger partial charge in [0.2, 0.25) is 0 Å². The minimum atomic E-state index is 1.11. The molecule has 0 atom stereocenters. The summed E-state index contributed by atoms with van der Waals surface area (Å²) in [4.78, 5) is 3.69. The van der Waals surface area contributed by atoms with Gasteiger partial charge in [-0.1, -0.05) is 170 Å². The Morgan fingerprint density at radius 3 is 1.66 bits per heavy atom. The van der Waals surface area contributed by atoms with Gasteiger partial charge in [-0.05, 0) is 81.4 Å². The Labute approximate surface area is 366 Å². The average Bonchev–Trinajstić information content (AvgIpc) is 4.01. The smallest absolute Gasteiger partial charge is 0.109 e. The summed E-state index contributed by atoms with van der Waals surface area (Å²) in [5.74, 6) is 0. The largest absolute Gasteiger partial charge is 0.310 e. The number of fused-ring (bicyclic) bond motifs is 10. The Morgan fingerprint density at radius 1 is 0.339 bits per heavy atom. The van der Waals surface area contributed by atoms with E-state index in [1.54, 1.807) is 0 Å².